The average Bonchev–Trinajstić information content (AvgIpc) is 3.08. The largest absolute Gasteiger partial charge is 0.453 e. The van der Waals surface area contributed by atoms with E-state index in [0.29, 0.717) is 35.6 Å². The van der Waals surface area contributed by atoms with Gasteiger partial charge in [-0.05, 0) is 31.2 Å². The van der Waals surface area contributed by atoms with Crippen LogP contribution in [0.1, 0.15) is 29.1 Å². The van der Waals surface area contributed by atoms with Crippen LogP contribution < -0.4 is 5.56 Å². The summed E-state index contributed by atoms with van der Waals surface area (Å²) < 4.78 is 10.5. The van der Waals surface area contributed by atoms with E-state index in [1.165, 1.54) is 0 Å². The molecule has 2 heterocycles. The van der Waals surface area contributed by atoms with E-state index in [2.05, 4.69) is 9.97 Å². The Bertz CT molecular complexity index is 945. The number of ether oxygens (including phenoxy) is 1. The predicted octanol–water partition coefficient (Wildman–Crippen LogP) is 2.32. The summed E-state index contributed by atoms with van der Waals surface area (Å²) >= 11 is 0. The van der Waals surface area contributed by atoms with Crippen molar-refractivity contribution in [2.75, 3.05) is 13.7 Å². The topological polar surface area (TPSA) is 88.4 Å². The Kier molecular flexibility index (Phi) is 4.95. The number of aromatic nitrogens is 2. The van der Waals surface area contributed by atoms with Crippen LogP contribution >= 0.6 is 0 Å². The fourth-order valence-electron chi connectivity index (χ4n) is 2.59. The van der Waals surface area contributed by atoms with Crippen molar-refractivity contribution in [2.45, 2.75) is 20.1 Å². The van der Waals surface area contributed by atoms with E-state index in [1.807, 2.05) is 13.0 Å². The predicted molar refractivity (Wildman–Crippen MR) is 92.2 cm³/mol. The van der Waals surface area contributed by atoms with E-state index >= 15 is 0 Å². The SMILES string of the molecule is CCN(Cc1nc2ccccc2c(=O)[nH]1)C(=O)c1ccc(COC)o1. The lowest BCUT2D eigenvalue weighted by molar-refractivity contribution is 0.0708. The molecule has 0 fully saturated rings. The second-order valence-corrected chi connectivity index (χ2v) is 5.55. The molecule has 3 aromatic rings. The number of hydrogen-bond acceptors (Lipinski definition) is 5. The molecule has 1 aromatic carbocycles. The van der Waals surface area contributed by atoms with Crippen LogP contribution in [0.5, 0.6) is 0 Å². The smallest absolute Gasteiger partial charge is 0.289 e. The molecular weight excluding hydrogens is 322 g/mol. The highest BCUT2D eigenvalue weighted by atomic mass is 16.5. The first-order valence-electron chi connectivity index (χ1n) is 7.97. The summed E-state index contributed by atoms with van der Waals surface area (Å²) in [4.78, 5) is 33.5. The lowest BCUT2D eigenvalue weighted by Crippen LogP contribution is -2.31. The normalized spacial score (nSPS) is 11.0. The molecule has 0 bridgehead atoms. The summed E-state index contributed by atoms with van der Waals surface area (Å²) in [5.41, 5.74) is 0.384. The Morgan fingerprint density at radius 3 is 2.84 bits per heavy atom. The highest BCUT2D eigenvalue weighted by molar-refractivity contribution is 5.91. The number of aromatic amines is 1. The van der Waals surface area contributed by atoms with Gasteiger partial charge in [-0.2, -0.15) is 0 Å². The molecule has 3 rings (SSSR count). The van der Waals surface area contributed by atoms with Crippen LogP contribution in [0.3, 0.4) is 0 Å². The summed E-state index contributed by atoms with van der Waals surface area (Å²) in [5, 5.41) is 0.524. The zero-order valence-electron chi connectivity index (χ0n) is 14.1. The van der Waals surface area contributed by atoms with Gasteiger partial charge in [0, 0.05) is 13.7 Å². The lowest BCUT2D eigenvalue weighted by atomic mass is 10.2. The molecule has 0 aliphatic rings. The average molecular weight is 341 g/mol. The van der Waals surface area contributed by atoms with Crippen molar-refractivity contribution in [1.82, 2.24) is 14.9 Å². The Morgan fingerprint density at radius 2 is 2.08 bits per heavy atom. The maximum atomic E-state index is 12.6. The maximum Gasteiger partial charge on any atom is 0.289 e. The van der Waals surface area contributed by atoms with E-state index in [0.717, 1.165) is 0 Å². The zero-order chi connectivity index (χ0) is 17.8. The zero-order valence-corrected chi connectivity index (χ0v) is 14.1. The van der Waals surface area contributed by atoms with Gasteiger partial charge in [0.1, 0.15) is 18.2 Å². The fourth-order valence-corrected chi connectivity index (χ4v) is 2.59. The van der Waals surface area contributed by atoms with E-state index in [4.69, 9.17) is 9.15 Å². The molecule has 0 unspecified atom stereocenters. The van der Waals surface area contributed by atoms with E-state index in [-0.39, 0.29) is 23.8 Å². The molecular formula is C18H19N3O4. The van der Waals surface area contributed by atoms with Crippen LogP contribution in [0.4, 0.5) is 0 Å². The molecule has 1 amide bonds. The Labute approximate surface area is 144 Å². The van der Waals surface area contributed by atoms with Crippen molar-refractivity contribution in [3.05, 3.63) is 64.1 Å². The van der Waals surface area contributed by atoms with Gasteiger partial charge in [0.05, 0.1) is 17.4 Å². The number of fused-ring (bicyclic) bond motifs is 1. The highest BCUT2D eigenvalue weighted by Gasteiger charge is 2.19. The van der Waals surface area contributed by atoms with E-state index in [1.54, 1.807) is 42.3 Å². The quantitative estimate of drug-likeness (QED) is 0.743. The number of nitrogens with zero attached hydrogens (tertiary/aromatic N) is 2. The number of H-pyrrole nitrogens is 1. The van der Waals surface area contributed by atoms with Crippen LogP contribution in [0, 0.1) is 0 Å². The van der Waals surface area contributed by atoms with Crippen LogP contribution in [0.15, 0.2) is 45.6 Å². The number of nitrogens with one attached hydrogen (secondary N) is 1. The Balaban J connectivity index is 1.84. The molecule has 1 N–H and O–H groups in total. The first kappa shape index (κ1) is 16.9. The van der Waals surface area contributed by atoms with Crippen molar-refractivity contribution in [3.8, 4) is 0 Å². The van der Waals surface area contributed by atoms with E-state index in [9.17, 15) is 9.59 Å². The van der Waals surface area contributed by atoms with Gasteiger partial charge in [-0.15, -0.1) is 0 Å². The minimum atomic E-state index is -0.263. The van der Waals surface area contributed by atoms with Gasteiger partial charge in [0.25, 0.3) is 11.5 Å². The minimum Gasteiger partial charge on any atom is -0.453 e. The van der Waals surface area contributed by atoms with Gasteiger partial charge < -0.3 is 19.0 Å². The van der Waals surface area contributed by atoms with Crippen LogP contribution in [-0.4, -0.2) is 34.4 Å². The van der Waals surface area contributed by atoms with Crippen molar-refractivity contribution in [2.24, 2.45) is 0 Å². The van der Waals surface area contributed by atoms with Gasteiger partial charge in [0.2, 0.25) is 0 Å². The molecule has 25 heavy (non-hydrogen) atoms. The van der Waals surface area contributed by atoms with Crippen molar-refractivity contribution < 1.29 is 13.9 Å². The van der Waals surface area contributed by atoms with Crippen LogP contribution in [-0.2, 0) is 17.9 Å². The van der Waals surface area contributed by atoms with Gasteiger partial charge in [-0.25, -0.2) is 4.98 Å². The Hall–Kier alpha value is -2.93. The number of para-hydroxylation sites is 1. The molecule has 0 radical (unpaired) electrons. The highest BCUT2D eigenvalue weighted by Crippen LogP contribution is 2.13. The molecule has 0 spiro atoms. The maximum absolute atomic E-state index is 12.6. The standard InChI is InChI=1S/C18H19N3O4/c1-3-21(18(23)15-9-8-12(25-15)11-24-2)10-16-19-14-7-5-4-6-13(14)17(22)20-16/h4-9H,3,10-11H2,1-2H3,(H,19,20,22). The number of amides is 1. The molecule has 0 atom stereocenters. The molecule has 7 heteroatoms. The van der Waals surface area contributed by atoms with Crippen molar-refractivity contribution >= 4 is 16.8 Å². The summed E-state index contributed by atoms with van der Waals surface area (Å²) in [7, 11) is 1.56. The summed E-state index contributed by atoms with van der Waals surface area (Å²) in [6.07, 6.45) is 0. The molecule has 7 nitrogen and oxygen atoms in total. The molecule has 130 valence electrons. The van der Waals surface area contributed by atoms with Gasteiger partial charge in [-0.1, -0.05) is 12.1 Å². The van der Waals surface area contributed by atoms with Gasteiger partial charge >= 0.3 is 0 Å². The number of rotatable bonds is 6. The second kappa shape index (κ2) is 7.31. The summed E-state index contributed by atoms with van der Waals surface area (Å²) in [5.74, 6) is 0.986. The molecule has 0 saturated heterocycles. The molecule has 0 aliphatic carbocycles. The van der Waals surface area contributed by atoms with Crippen molar-refractivity contribution in [1.29, 1.82) is 0 Å². The van der Waals surface area contributed by atoms with Gasteiger partial charge in [0.15, 0.2) is 5.76 Å². The fraction of sp³-hybridized carbons (Fsp3) is 0.278. The summed E-state index contributed by atoms with van der Waals surface area (Å²) in [6, 6.07) is 10.4. The third kappa shape index (κ3) is 3.61. The molecule has 0 aliphatic heterocycles. The summed E-state index contributed by atoms with van der Waals surface area (Å²) in [6.45, 7) is 2.81. The van der Waals surface area contributed by atoms with Crippen molar-refractivity contribution in [3.63, 3.8) is 0 Å². The number of carbonyl (C=O) groups excluding carboxylic acids is 1. The minimum absolute atomic E-state index is 0.190. The van der Waals surface area contributed by atoms with Crippen LogP contribution in [0.2, 0.25) is 0 Å². The number of methoxy groups -OCH3 is 1. The number of hydrogen-bond donors (Lipinski definition) is 1. The molecule has 2 aromatic heterocycles. The van der Waals surface area contributed by atoms with Gasteiger partial charge in [-0.3, -0.25) is 9.59 Å². The van der Waals surface area contributed by atoms with E-state index < -0.39 is 0 Å². The first-order valence-corrected chi connectivity index (χ1v) is 7.97. The lowest BCUT2D eigenvalue weighted by Gasteiger charge is -2.19. The number of furan rings is 1. The first-order chi connectivity index (χ1) is 12.1. The van der Waals surface area contributed by atoms with Crippen LogP contribution in [0.25, 0.3) is 10.9 Å². The Morgan fingerprint density at radius 1 is 1.28 bits per heavy atom. The third-order valence-electron chi connectivity index (χ3n) is 3.83. The number of carbonyl (C=O) groups is 1. The number of benzene rings is 1. The monoisotopic (exact) mass is 341 g/mol. The second-order valence-electron chi connectivity index (χ2n) is 5.55. The third-order valence-corrected chi connectivity index (χ3v) is 3.83. The molecule has 0 saturated carbocycles.